The molecule has 11 heteroatoms. The molecule has 0 unspecified atom stereocenters. The summed E-state index contributed by atoms with van der Waals surface area (Å²) in [5.41, 5.74) is 13.4. The Labute approximate surface area is 234 Å². The Morgan fingerprint density at radius 3 is 2.68 bits per heavy atom. The molecule has 2 aliphatic rings. The third-order valence-electron chi connectivity index (χ3n) is 7.55. The molecule has 0 atom stereocenters. The van der Waals surface area contributed by atoms with Crippen molar-refractivity contribution in [3.8, 4) is 11.1 Å². The highest BCUT2D eigenvalue weighted by atomic mass is 19.1. The number of rotatable bonds is 7. The molecule has 1 aliphatic carbocycles. The van der Waals surface area contributed by atoms with E-state index in [1.165, 1.54) is 6.20 Å². The van der Waals surface area contributed by atoms with E-state index in [1.807, 2.05) is 19.9 Å². The molecule has 1 saturated carbocycles. The highest BCUT2D eigenvalue weighted by Crippen LogP contribution is 2.41. The zero-order valence-electron chi connectivity index (χ0n) is 22.8. The van der Waals surface area contributed by atoms with E-state index in [9.17, 15) is 9.59 Å². The van der Waals surface area contributed by atoms with E-state index in [-0.39, 0.29) is 46.5 Å². The van der Waals surface area contributed by atoms with Crippen LogP contribution in [0, 0.1) is 17.6 Å². The van der Waals surface area contributed by atoms with Crippen LogP contribution in [0.4, 0.5) is 26.2 Å². The Morgan fingerprint density at radius 1 is 1.20 bits per heavy atom. The first-order valence-electron chi connectivity index (χ1n) is 13.6. The Kier molecular flexibility index (Phi) is 6.59. The standard InChI is InChI=1S/C30H30F2N6O3/c1-15(2)14-41-29(40)21-13-38(19-4-5-19)26-20(27(21)39)10-22(31)24(25(26)32)17-3-6-23-16(9-17)7-8-37(23)12-18-11-35-30(34)36-28(18)33/h3,6,9-11,13,15,19H,4-5,7-8,12,14H2,1-2H3,(H4,33,34,35,36). The topological polar surface area (TPSA) is 129 Å². The summed E-state index contributed by atoms with van der Waals surface area (Å²) in [6.07, 6.45) is 5.16. The zero-order chi connectivity index (χ0) is 29.0. The Balaban J connectivity index is 1.39. The predicted octanol–water partition coefficient (Wildman–Crippen LogP) is 4.61. The Morgan fingerprint density at radius 2 is 1.98 bits per heavy atom. The van der Waals surface area contributed by atoms with Gasteiger partial charge in [-0.25, -0.2) is 18.6 Å². The lowest BCUT2D eigenvalue weighted by Crippen LogP contribution is -2.23. The van der Waals surface area contributed by atoms with Crippen molar-refractivity contribution in [1.82, 2.24) is 14.5 Å². The summed E-state index contributed by atoms with van der Waals surface area (Å²) in [5, 5.41) is -0.176. The number of benzene rings is 2. The summed E-state index contributed by atoms with van der Waals surface area (Å²) in [6, 6.07) is 6.24. The lowest BCUT2D eigenvalue weighted by Gasteiger charge is -2.20. The van der Waals surface area contributed by atoms with Crippen molar-refractivity contribution >= 4 is 34.3 Å². The molecular weight excluding hydrogens is 530 g/mol. The number of nitrogens with two attached hydrogens (primary N) is 2. The molecule has 4 aromatic rings. The molecule has 0 spiro atoms. The number of hydrogen-bond donors (Lipinski definition) is 2. The second-order valence-corrected chi connectivity index (χ2v) is 11.1. The third kappa shape index (κ3) is 4.85. The van der Waals surface area contributed by atoms with E-state index < -0.39 is 23.0 Å². The van der Waals surface area contributed by atoms with Crippen LogP contribution < -0.4 is 21.8 Å². The zero-order valence-corrected chi connectivity index (χ0v) is 22.8. The number of ether oxygens (including phenoxy) is 1. The fourth-order valence-electron chi connectivity index (χ4n) is 5.36. The smallest absolute Gasteiger partial charge is 0.343 e. The van der Waals surface area contributed by atoms with Gasteiger partial charge in [0.25, 0.3) is 0 Å². The summed E-state index contributed by atoms with van der Waals surface area (Å²) in [7, 11) is 0. The number of nitrogen functional groups attached to an aromatic ring is 2. The number of aromatic nitrogens is 3. The molecule has 2 aromatic heterocycles. The van der Waals surface area contributed by atoms with Gasteiger partial charge in [-0.15, -0.1) is 0 Å². The van der Waals surface area contributed by atoms with Crippen molar-refractivity contribution in [1.29, 1.82) is 0 Å². The van der Waals surface area contributed by atoms with Crippen LogP contribution in [0.25, 0.3) is 22.0 Å². The number of hydrogen-bond acceptors (Lipinski definition) is 8. The number of halogens is 2. The Bertz CT molecular complexity index is 1770. The van der Waals surface area contributed by atoms with Gasteiger partial charge < -0.3 is 25.7 Å². The van der Waals surface area contributed by atoms with Crippen LogP contribution in [0.2, 0.25) is 0 Å². The van der Waals surface area contributed by atoms with Gasteiger partial charge >= 0.3 is 5.97 Å². The molecule has 6 rings (SSSR count). The van der Waals surface area contributed by atoms with Crippen molar-refractivity contribution in [2.24, 2.45) is 5.92 Å². The molecule has 0 saturated heterocycles. The number of anilines is 3. The summed E-state index contributed by atoms with van der Waals surface area (Å²) in [5.74, 6) is -2.00. The molecule has 0 bridgehead atoms. The van der Waals surface area contributed by atoms with Crippen molar-refractivity contribution in [2.45, 2.75) is 45.7 Å². The number of fused-ring (bicyclic) bond motifs is 2. The van der Waals surface area contributed by atoms with E-state index in [0.29, 0.717) is 30.9 Å². The maximum atomic E-state index is 16.3. The number of carbonyl (C=O) groups is 1. The van der Waals surface area contributed by atoms with Gasteiger partial charge in [0.1, 0.15) is 17.2 Å². The lowest BCUT2D eigenvalue weighted by molar-refractivity contribution is 0.0456. The monoisotopic (exact) mass is 560 g/mol. The molecule has 0 amide bonds. The van der Waals surface area contributed by atoms with Gasteiger partial charge in [-0.2, -0.15) is 4.98 Å². The quantitative estimate of drug-likeness (QED) is 0.314. The van der Waals surface area contributed by atoms with Crippen LogP contribution in [-0.2, 0) is 17.7 Å². The minimum absolute atomic E-state index is 0.00439. The highest BCUT2D eigenvalue weighted by molar-refractivity contribution is 5.95. The second-order valence-electron chi connectivity index (χ2n) is 11.1. The van der Waals surface area contributed by atoms with Crippen LogP contribution in [0.3, 0.4) is 0 Å². The van der Waals surface area contributed by atoms with Crippen LogP contribution >= 0.6 is 0 Å². The van der Waals surface area contributed by atoms with E-state index in [0.717, 1.165) is 35.7 Å². The number of nitrogens with zero attached hydrogens (tertiary/aromatic N) is 4. The molecule has 3 heterocycles. The van der Waals surface area contributed by atoms with E-state index in [4.69, 9.17) is 16.2 Å². The molecule has 1 fully saturated rings. The number of esters is 1. The first kappa shape index (κ1) is 26.7. The van der Waals surface area contributed by atoms with Crippen LogP contribution in [-0.4, -0.2) is 33.7 Å². The summed E-state index contributed by atoms with van der Waals surface area (Å²) >= 11 is 0. The molecule has 0 radical (unpaired) electrons. The van der Waals surface area contributed by atoms with Gasteiger partial charge in [0.05, 0.1) is 23.1 Å². The lowest BCUT2D eigenvalue weighted by atomic mass is 9.98. The van der Waals surface area contributed by atoms with Gasteiger partial charge in [0, 0.05) is 42.8 Å². The van der Waals surface area contributed by atoms with Crippen molar-refractivity contribution in [2.75, 3.05) is 29.5 Å². The molecular formula is C30H30F2N6O3. The van der Waals surface area contributed by atoms with Gasteiger partial charge in [0.2, 0.25) is 11.4 Å². The van der Waals surface area contributed by atoms with Gasteiger partial charge in [-0.3, -0.25) is 4.79 Å². The van der Waals surface area contributed by atoms with Gasteiger partial charge in [-0.1, -0.05) is 19.9 Å². The second kappa shape index (κ2) is 10.1. The summed E-state index contributed by atoms with van der Waals surface area (Å²) < 4.78 is 38.7. The SMILES string of the molecule is CC(C)COC(=O)c1cn(C2CC2)c2c(F)c(-c3ccc4c(c3)CCN4Cc3cnc(N)nc3N)c(F)cc2c1=O. The molecule has 41 heavy (non-hydrogen) atoms. The third-order valence-corrected chi connectivity index (χ3v) is 7.55. The van der Waals surface area contributed by atoms with Gasteiger partial charge in [-0.05, 0) is 54.5 Å². The molecule has 212 valence electrons. The minimum atomic E-state index is -0.872. The number of pyridine rings is 1. The first-order chi connectivity index (χ1) is 19.6. The predicted molar refractivity (Wildman–Crippen MR) is 153 cm³/mol. The van der Waals surface area contributed by atoms with Crippen LogP contribution in [0.1, 0.15) is 54.2 Å². The fourth-order valence-corrected chi connectivity index (χ4v) is 5.36. The molecule has 2 aromatic carbocycles. The first-order valence-corrected chi connectivity index (χ1v) is 13.6. The minimum Gasteiger partial charge on any atom is -0.462 e. The average molecular weight is 561 g/mol. The van der Waals surface area contributed by atoms with E-state index in [1.54, 1.807) is 22.9 Å². The van der Waals surface area contributed by atoms with E-state index >= 15 is 8.78 Å². The Hall–Kier alpha value is -4.54. The van der Waals surface area contributed by atoms with Crippen molar-refractivity contribution in [3.63, 3.8) is 0 Å². The maximum Gasteiger partial charge on any atom is 0.343 e. The largest absolute Gasteiger partial charge is 0.462 e. The maximum absolute atomic E-state index is 16.3. The number of carbonyl (C=O) groups excluding carboxylic acids is 1. The van der Waals surface area contributed by atoms with E-state index in [2.05, 4.69) is 14.9 Å². The van der Waals surface area contributed by atoms with Crippen LogP contribution in [0.5, 0.6) is 0 Å². The molecule has 4 N–H and O–H groups in total. The molecule has 1 aliphatic heterocycles. The highest BCUT2D eigenvalue weighted by Gasteiger charge is 2.31. The fraction of sp³-hybridized carbons (Fsp3) is 0.333. The van der Waals surface area contributed by atoms with Gasteiger partial charge in [0.15, 0.2) is 5.82 Å². The summed E-state index contributed by atoms with van der Waals surface area (Å²) in [6.45, 7) is 5.04. The summed E-state index contributed by atoms with van der Waals surface area (Å²) in [4.78, 5) is 36.1. The van der Waals surface area contributed by atoms with Crippen LogP contribution in [0.15, 0.2) is 41.5 Å². The normalized spacial score (nSPS) is 14.6. The van der Waals surface area contributed by atoms with Crippen molar-refractivity contribution < 1.29 is 18.3 Å². The average Bonchev–Trinajstić information content (AvgIpc) is 3.70. The van der Waals surface area contributed by atoms with Crippen molar-refractivity contribution in [3.05, 3.63) is 75.2 Å². The molecule has 9 nitrogen and oxygen atoms in total.